The molecule has 0 unspecified atom stereocenters. The van der Waals surface area contributed by atoms with Gasteiger partial charge in [-0.05, 0) is 42.7 Å². The number of carbonyl (C=O) groups excluding carboxylic acids is 1. The van der Waals surface area contributed by atoms with E-state index < -0.39 is 0 Å². The second kappa shape index (κ2) is 7.05. The number of carbonyl (C=O) groups is 1. The van der Waals surface area contributed by atoms with E-state index in [1.807, 2.05) is 41.3 Å². The van der Waals surface area contributed by atoms with E-state index in [0.29, 0.717) is 11.3 Å². The summed E-state index contributed by atoms with van der Waals surface area (Å²) in [6, 6.07) is 12.8. The van der Waals surface area contributed by atoms with Crippen LogP contribution in [0.4, 0.5) is 5.69 Å². The van der Waals surface area contributed by atoms with Crippen LogP contribution in [-0.2, 0) is 14.1 Å². The molecular weight excluding hydrogens is 374 g/mol. The highest BCUT2D eigenvalue weighted by molar-refractivity contribution is 7.98. The number of imidazole rings is 2. The Morgan fingerprint density at radius 2 is 1.86 bits per heavy atom. The molecule has 0 spiro atoms. The van der Waals surface area contributed by atoms with Crippen molar-refractivity contribution in [3.8, 4) is 5.69 Å². The lowest BCUT2D eigenvalue weighted by Crippen LogP contribution is -2.19. The monoisotopic (exact) mass is 393 g/mol. The second-order valence-corrected chi connectivity index (χ2v) is 7.17. The fourth-order valence-electron chi connectivity index (χ4n) is 3.22. The standard InChI is InChI=1S/C20H19N5O2S/c1-23-16-8-7-14(12-17(16)24(2)20(23)27)22-18(26)13-5-4-6-15(11-13)25-10-9-21-19(25)28-3/h4-12H,1-3H3,(H,22,26). The summed E-state index contributed by atoms with van der Waals surface area (Å²) in [7, 11) is 3.45. The van der Waals surface area contributed by atoms with Gasteiger partial charge in [-0.25, -0.2) is 9.78 Å². The first-order chi connectivity index (χ1) is 13.5. The zero-order valence-electron chi connectivity index (χ0n) is 15.7. The number of nitrogens with one attached hydrogen (secondary N) is 1. The molecule has 1 amide bonds. The molecule has 0 saturated carbocycles. The maximum absolute atomic E-state index is 12.8. The Hall–Kier alpha value is -3.26. The number of benzene rings is 2. The van der Waals surface area contributed by atoms with Crippen LogP contribution in [0.2, 0.25) is 0 Å². The van der Waals surface area contributed by atoms with Crippen molar-refractivity contribution in [1.82, 2.24) is 18.7 Å². The first-order valence-corrected chi connectivity index (χ1v) is 9.86. The predicted molar refractivity (Wildman–Crippen MR) is 111 cm³/mol. The van der Waals surface area contributed by atoms with Gasteiger partial charge in [0, 0.05) is 43.4 Å². The molecule has 2 heterocycles. The van der Waals surface area contributed by atoms with Crippen molar-refractivity contribution < 1.29 is 4.79 Å². The predicted octanol–water partition coefficient (Wildman–Crippen LogP) is 3.04. The average Bonchev–Trinajstić information content (AvgIpc) is 3.28. The minimum atomic E-state index is -0.215. The van der Waals surface area contributed by atoms with Gasteiger partial charge >= 0.3 is 5.69 Å². The molecule has 0 aliphatic rings. The van der Waals surface area contributed by atoms with Crippen LogP contribution in [0.15, 0.2) is 64.8 Å². The number of nitrogens with zero attached hydrogens (tertiary/aromatic N) is 4. The van der Waals surface area contributed by atoms with Gasteiger partial charge in [0.05, 0.1) is 11.0 Å². The van der Waals surface area contributed by atoms with Crippen LogP contribution in [0.3, 0.4) is 0 Å². The van der Waals surface area contributed by atoms with Crippen molar-refractivity contribution in [2.24, 2.45) is 14.1 Å². The SMILES string of the molecule is CSc1nccn1-c1cccc(C(=O)Nc2ccc3c(c2)n(C)c(=O)n3C)c1. The highest BCUT2D eigenvalue weighted by Gasteiger charge is 2.12. The molecule has 0 bridgehead atoms. The lowest BCUT2D eigenvalue weighted by atomic mass is 10.1. The largest absolute Gasteiger partial charge is 0.328 e. The van der Waals surface area contributed by atoms with E-state index in [4.69, 9.17) is 0 Å². The van der Waals surface area contributed by atoms with E-state index in [0.717, 1.165) is 21.9 Å². The number of rotatable bonds is 4. The van der Waals surface area contributed by atoms with Crippen molar-refractivity contribution in [1.29, 1.82) is 0 Å². The molecule has 4 rings (SSSR count). The number of thioether (sulfide) groups is 1. The van der Waals surface area contributed by atoms with Crippen LogP contribution in [0.5, 0.6) is 0 Å². The smallest absolute Gasteiger partial charge is 0.322 e. The molecule has 0 aliphatic carbocycles. The molecule has 28 heavy (non-hydrogen) atoms. The van der Waals surface area contributed by atoms with E-state index in [1.54, 1.807) is 59.4 Å². The molecule has 0 fully saturated rings. The molecule has 2 aromatic heterocycles. The molecule has 0 radical (unpaired) electrons. The molecule has 7 nitrogen and oxygen atoms in total. The Kier molecular flexibility index (Phi) is 4.56. The molecule has 8 heteroatoms. The molecule has 142 valence electrons. The Labute approximate surface area is 165 Å². The summed E-state index contributed by atoms with van der Waals surface area (Å²) in [4.78, 5) is 29.1. The fourth-order valence-corrected chi connectivity index (χ4v) is 3.75. The van der Waals surface area contributed by atoms with Gasteiger partial charge in [0.25, 0.3) is 5.91 Å². The number of anilines is 1. The maximum atomic E-state index is 12.8. The van der Waals surface area contributed by atoms with E-state index in [-0.39, 0.29) is 11.6 Å². The third-order valence-electron chi connectivity index (χ3n) is 4.71. The first-order valence-electron chi connectivity index (χ1n) is 8.64. The van der Waals surface area contributed by atoms with Crippen LogP contribution in [0, 0.1) is 0 Å². The van der Waals surface area contributed by atoms with E-state index in [9.17, 15) is 9.59 Å². The Morgan fingerprint density at radius 1 is 1.07 bits per heavy atom. The van der Waals surface area contributed by atoms with Gasteiger partial charge in [0.2, 0.25) is 0 Å². The van der Waals surface area contributed by atoms with E-state index in [1.165, 1.54) is 0 Å². The normalized spacial score (nSPS) is 11.1. The molecular formula is C20H19N5O2S. The topological polar surface area (TPSA) is 73.8 Å². The second-order valence-electron chi connectivity index (χ2n) is 6.39. The van der Waals surface area contributed by atoms with Gasteiger partial charge in [-0.2, -0.15) is 0 Å². The number of hydrogen-bond donors (Lipinski definition) is 1. The minimum Gasteiger partial charge on any atom is -0.322 e. The molecule has 0 aliphatic heterocycles. The van der Waals surface area contributed by atoms with Crippen molar-refractivity contribution in [2.75, 3.05) is 11.6 Å². The van der Waals surface area contributed by atoms with Crippen molar-refractivity contribution >= 4 is 34.4 Å². The van der Waals surface area contributed by atoms with Crippen LogP contribution >= 0.6 is 11.8 Å². The molecule has 1 N–H and O–H groups in total. The lowest BCUT2D eigenvalue weighted by molar-refractivity contribution is 0.102. The quantitative estimate of drug-likeness (QED) is 0.541. The molecule has 4 aromatic rings. The summed E-state index contributed by atoms with van der Waals surface area (Å²) in [6.45, 7) is 0. The number of aryl methyl sites for hydroxylation is 2. The number of fused-ring (bicyclic) bond motifs is 1. The van der Waals surface area contributed by atoms with Gasteiger partial charge in [-0.15, -0.1) is 0 Å². The highest BCUT2D eigenvalue weighted by Crippen LogP contribution is 2.21. The summed E-state index contributed by atoms with van der Waals surface area (Å²) >= 11 is 1.54. The Bertz CT molecular complexity index is 1250. The van der Waals surface area contributed by atoms with Gasteiger partial charge in [0.15, 0.2) is 5.16 Å². The molecule has 2 aromatic carbocycles. The highest BCUT2D eigenvalue weighted by atomic mass is 32.2. The molecule has 0 saturated heterocycles. The van der Waals surface area contributed by atoms with E-state index in [2.05, 4.69) is 10.3 Å². The summed E-state index contributed by atoms with van der Waals surface area (Å²) in [6.07, 6.45) is 5.56. The zero-order valence-corrected chi connectivity index (χ0v) is 16.5. The average molecular weight is 393 g/mol. The van der Waals surface area contributed by atoms with Gasteiger partial charge in [-0.3, -0.25) is 18.5 Å². The minimum absolute atomic E-state index is 0.101. The van der Waals surface area contributed by atoms with Crippen LogP contribution in [0.25, 0.3) is 16.7 Å². The summed E-state index contributed by atoms with van der Waals surface area (Å²) in [5.41, 5.74) is 3.53. The lowest BCUT2D eigenvalue weighted by Gasteiger charge is -2.09. The van der Waals surface area contributed by atoms with Gasteiger partial charge in [-0.1, -0.05) is 17.8 Å². The summed E-state index contributed by atoms with van der Waals surface area (Å²) in [5.74, 6) is -0.215. The fraction of sp³-hybridized carbons (Fsp3) is 0.150. The summed E-state index contributed by atoms with van der Waals surface area (Å²) in [5, 5.41) is 3.77. The van der Waals surface area contributed by atoms with Crippen molar-refractivity contribution in [3.05, 3.63) is 70.9 Å². The van der Waals surface area contributed by atoms with Crippen molar-refractivity contribution in [3.63, 3.8) is 0 Å². The number of hydrogen-bond acceptors (Lipinski definition) is 4. The number of amides is 1. The number of aromatic nitrogens is 4. The van der Waals surface area contributed by atoms with Crippen molar-refractivity contribution in [2.45, 2.75) is 5.16 Å². The van der Waals surface area contributed by atoms with Crippen LogP contribution in [0.1, 0.15) is 10.4 Å². The third kappa shape index (κ3) is 3.01. The van der Waals surface area contributed by atoms with E-state index >= 15 is 0 Å². The Morgan fingerprint density at radius 3 is 2.64 bits per heavy atom. The molecule has 0 atom stereocenters. The van der Waals surface area contributed by atoms with Gasteiger partial charge in [0.1, 0.15) is 0 Å². The van der Waals surface area contributed by atoms with Gasteiger partial charge < -0.3 is 5.32 Å². The third-order valence-corrected chi connectivity index (χ3v) is 5.37. The zero-order chi connectivity index (χ0) is 19.8. The maximum Gasteiger partial charge on any atom is 0.328 e. The Balaban J connectivity index is 1.64. The van der Waals surface area contributed by atoms with Crippen LogP contribution in [-0.4, -0.2) is 30.8 Å². The van der Waals surface area contributed by atoms with Crippen LogP contribution < -0.4 is 11.0 Å². The summed E-state index contributed by atoms with van der Waals surface area (Å²) < 4.78 is 5.08. The first kappa shape index (κ1) is 18.1.